The second-order valence-electron chi connectivity index (χ2n) is 4.35. The molecule has 0 aliphatic carbocycles. The van der Waals surface area contributed by atoms with Gasteiger partial charge in [0.25, 0.3) is 0 Å². The highest BCUT2D eigenvalue weighted by Gasteiger charge is 2.10. The van der Waals surface area contributed by atoms with Crippen molar-refractivity contribution in [2.75, 3.05) is 12.4 Å². The maximum Gasteiger partial charge on any atom is 0.161 e. The third kappa shape index (κ3) is 2.73. The Labute approximate surface area is 131 Å². The van der Waals surface area contributed by atoms with Crippen molar-refractivity contribution in [2.24, 2.45) is 0 Å². The first-order valence-corrected chi connectivity index (χ1v) is 6.96. The van der Waals surface area contributed by atoms with Crippen molar-refractivity contribution in [3.05, 3.63) is 52.6 Å². The molecule has 4 nitrogen and oxygen atoms in total. The number of anilines is 2. The van der Waals surface area contributed by atoms with Gasteiger partial charge >= 0.3 is 0 Å². The van der Waals surface area contributed by atoms with Gasteiger partial charge < -0.3 is 10.1 Å². The summed E-state index contributed by atoms with van der Waals surface area (Å²) in [5.41, 5.74) is 0.715. The lowest BCUT2D eigenvalue weighted by molar-refractivity contribution is 0.417. The molecular weight excluding hydrogens is 309 g/mol. The number of nitrogens with one attached hydrogen (secondary N) is 1. The molecule has 0 bridgehead atoms. The van der Waals surface area contributed by atoms with E-state index in [0.717, 1.165) is 10.8 Å². The molecule has 21 heavy (non-hydrogen) atoms. The number of nitrogens with zero attached hydrogens (tertiary/aromatic N) is 2. The SMILES string of the molecule is COc1ccc(Cl)cc1Nc1nnc(Cl)c2ccccc12. The quantitative estimate of drug-likeness (QED) is 0.760. The molecule has 0 radical (unpaired) electrons. The van der Waals surface area contributed by atoms with Crippen LogP contribution in [0.15, 0.2) is 42.5 Å². The summed E-state index contributed by atoms with van der Waals surface area (Å²) >= 11 is 12.1. The highest BCUT2D eigenvalue weighted by molar-refractivity contribution is 6.34. The highest BCUT2D eigenvalue weighted by Crippen LogP contribution is 2.33. The molecule has 3 rings (SSSR count). The van der Waals surface area contributed by atoms with Crippen LogP contribution in [-0.4, -0.2) is 17.3 Å². The Bertz CT molecular complexity index is 808. The average Bonchev–Trinajstić information content (AvgIpc) is 2.51. The van der Waals surface area contributed by atoms with Gasteiger partial charge in [0.05, 0.1) is 12.8 Å². The number of methoxy groups -OCH3 is 1. The van der Waals surface area contributed by atoms with E-state index >= 15 is 0 Å². The Hall–Kier alpha value is -2.04. The molecule has 0 atom stereocenters. The normalized spacial score (nSPS) is 10.6. The standard InChI is InChI=1S/C15H11Cl2N3O/c1-21-13-7-6-9(16)8-12(13)18-15-11-5-3-2-4-10(11)14(17)19-20-15/h2-8H,1H3,(H,18,20). The van der Waals surface area contributed by atoms with Crippen molar-refractivity contribution in [1.82, 2.24) is 10.2 Å². The molecule has 0 fully saturated rings. The minimum atomic E-state index is 0.370. The summed E-state index contributed by atoms with van der Waals surface area (Å²) in [5, 5.41) is 13.9. The van der Waals surface area contributed by atoms with Gasteiger partial charge in [-0.25, -0.2) is 0 Å². The zero-order valence-corrected chi connectivity index (χ0v) is 12.6. The van der Waals surface area contributed by atoms with Gasteiger partial charge in [-0.05, 0) is 18.2 Å². The third-order valence-corrected chi connectivity index (χ3v) is 3.57. The first-order chi connectivity index (χ1) is 10.2. The minimum absolute atomic E-state index is 0.370. The van der Waals surface area contributed by atoms with Crippen molar-refractivity contribution in [3.8, 4) is 5.75 Å². The molecule has 0 aliphatic heterocycles. The number of ether oxygens (including phenoxy) is 1. The number of halogens is 2. The number of rotatable bonds is 3. The molecule has 3 aromatic rings. The zero-order chi connectivity index (χ0) is 14.8. The Kier molecular flexibility index (Phi) is 3.82. The summed E-state index contributed by atoms with van der Waals surface area (Å²) in [7, 11) is 1.60. The monoisotopic (exact) mass is 319 g/mol. The van der Waals surface area contributed by atoms with Crippen LogP contribution in [-0.2, 0) is 0 Å². The van der Waals surface area contributed by atoms with Crippen LogP contribution in [0.25, 0.3) is 10.8 Å². The van der Waals surface area contributed by atoms with E-state index in [-0.39, 0.29) is 0 Å². The van der Waals surface area contributed by atoms with Gasteiger partial charge in [-0.3, -0.25) is 0 Å². The van der Waals surface area contributed by atoms with Gasteiger partial charge in [-0.15, -0.1) is 10.2 Å². The minimum Gasteiger partial charge on any atom is -0.495 e. The van der Waals surface area contributed by atoms with E-state index in [1.165, 1.54) is 0 Å². The third-order valence-electron chi connectivity index (χ3n) is 3.06. The van der Waals surface area contributed by atoms with E-state index in [9.17, 15) is 0 Å². The van der Waals surface area contributed by atoms with Crippen molar-refractivity contribution < 1.29 is 4.74 Å². The van der Waals surface area contributed by atoms with Gasteiger partial charge in [-0.1, -0.05) is 47.5 Å². The van der Waals surface area contributed by atoms with Crippen LogP contribution in [0, 0.1) is 0 Å². The fourth-order valence-corrected chi connectivity index (χ4v) is 2.44. The molecule has 1 heterocycles. The summed E-state index contributed by atoms with van der Waals surface area (Å²) in [6.07, 6.45) is 0. The van der Waals surface area contributed by atoms with Gasteiger partial charge in [-0.2, -0.15) is 0 Å². The summed E-state index contributed by atoms with van der Waals surface area (Å²) < 4.78 is 5.31. The van der Waals surface area contributed by atoms with Crippen LogP contribution < -0.4 is 10.1 Å². The van der Waals surface area contributed by atoms with Crippen LogP contribution in [0.3, 0.4) is 0 Å². The number of aromatic nitrogens is 2. The predicted molar refractivity (Wildman–Crippen MR) is 85.8 cm³/mol. The maximum atomic E-state index is 6.07. The van der Waals surface area contributed by atoms with Gasteiger partial charge in [0.1, 0.15) is 5.75 Å². The number of benzene rings is 2. The second kappa shape index (κ2) is 5.76. The van der Waals surface area contributed by atoms with E-state index in [0.29, 0.717) is 27.4 Å². The Morgan fingerprint density at radius 1 is 1.00 bits per heavy atom. The fraction of sp³-hybridized carbons (Fsp3) is 0.0667. The molecule has 2 aromatic carbocycles. The van der Waals surface area contributed by atoms with Crippen LogP contribution in [0.4, 0.5) is 11.5 Å². The number of hydrogen-bond donors (Lipinski definition) is 1. The molecule has 0 unspecified atom stereocenters. The lowest BCUT2D eigenvalue weighted by Crippen LogP contribution is -1.99. The molecule has 1 N–H and O–H groups in total. The molecule has 1 aromatic heterocycles. The number of fused-ring (bicyclic) bond motifs is 1. The van der Waals surface area contributed by atoms with Crippen molar-refractivity contribution in [2.45, 2.75) is 0 Å². The van der Waals surface area contributed by atoms with E-state index in [1.807, 2.05) is 24.3 Å². The first-order valence-electron chi connectivity index (χ1n) is 6.20. The fourth-order valence-electron chi connectivity index (χ4n) is 2.07. The molecule has 0 aliphatic rings. The largest absolute Gasteiger partial charge is 0.495 e. The highest BCUT2D eigenvalue weighted by atomic mass is 35.5. The molecular formula is C15H11Cl2N3O. The van der Waals surface area contributed by atoms with E-state index < -0.39 is 0 Å². The lowest BCUT2D eigenvalue weighted by atomic mass is 10.2. The van der Waals surface area contributed by atoms with Gasteiger partial charge in [0.15, 0.2) is 11.0 Å². The molecule has 0 saturated heterocycles. The molecule has 106 valence electrons. The summed E-state index contributed by atoms with van der Waals surface area (Å²) in [4.78, 5) is 0. The predicted octanol–water partition coefficient (Wildman–Crippen LogP) is 4.69. The Morgan fingerprint density at radius 3 is 2.52 bits per heavy atom. The van der Waals surface area contributed by atoms with E-state index in [2.05, 4.69) is 15.5 Å². The maximum absolute atomic E-state index is 6.07. The first kappa shape index (κ1) is 13.9. The summed E-state index contributed by atoms with van der Waals surface area (Å²) in [6.45, 7) is 0. The van der Waals surface area contributed by atoms with Crippen LogP contribution in [0.5, 0.6) is 5.75 Å². The van der Waals surface area contributed by atoms with E-state index in [1.54, 1.807) is 25.3 Å². The van der Waals surface area contributed by atoms with E-state index in [4.69, 9.17) is 27.9 Å². The number of hydrogen-bond acceptors (Lipinski definition) is 4. The molecule has 0 amide bonds. The van der Waals surface area contributed by atoms with Crippen LogP contribution >= 0.6 is 23.2 Å². The average molecular weight is 320 g/mol. The van der Waals surface area contributed by atoms with Crippen molar-refractivity contribution in [3.63, 3.8) is 0 Å². The Balaban J connectivity index is 2.11. The molecule has 0 saturated carbocycles. The zero-order valence-electron chi connectivity index (χ0n) is 11.1. The molecule has 0 spiro atoms. The summed E-state index contributed by atoms with van der Waals surface area (Å²) in [6, 6.07) is 13.0. The van der Waals surface area contributed by atoms with Gasteiger partial charge in [0, 0.05) is 15.8 Å². The van der Waals surface area contributed by atoms with Crippen molar-refractivity contribution in [1.29, 1.82) is 0 Å². The van der Waals surface area contributed by atoms with Crippen molar-refractivity contribution >= 4 is 45.5 Å². The lowest BCUT2D eigenvalue weighted by Gasteiger charge is -2.12. The van der Waals surface area contributed by atoms with Crippen LogP contribution in [0.1, 0.15) is 0 Å². The van der Waals surface area contributed by atoms with Crippen LogP contribution in [0.2, 0.25) is 10.2 Å². The van der Waals surface area contributed by atoms with Gasteiger partial charge in [0.2, 0.25) is 0 Å². The molecule has 6 heteroatoms. The smallest absolute Gasteiger partial charge is 0.161 e. The summed E-state index contributed by atoms with van der Waals surface area (Å²) in [5.74, 6) is 1.26. The Morgan fingerprint density at radius 2 is 1.76 bits per heavy atom. The second-order valence-corrected chi connectivity index (χ2v) is 5.15. The topological polar surface area (TPSA) is 47.0 Å².